The Morgan fingerprint density at radius 2 is 1.57 bits per heavy atom. The van der Waals surface area contributed by atoms with E-state index in [0.717, 1.165) is 0 Å². The maximum absolute atomic E-state index is 8.52. The Kier molecular flexibility index (Phi) is 9.06. The molecular weight excluding hydrogens is 459 g/mol. The van der Waals surface area contributed by atoms with Crippen LogP contribution >= 0.6 is 46.4 Å². The molecule has 0 amide bonds. The monoisotopic (exact) mass is 462 g/mol. The van der Waals surface area contributed by atoms with Crippen molar-refractivity contribution >= 4 is 62.5 Å². The first-order valence-electron chi connectivity index (χ1n) is 5.10. The van der Waals surface area contributed by atoms with Crippen LogP contribution in [0.15, 0.2) is 18.3 Å². The van der Waals surface area contributed by atoms with Crippen molar-refractivity contribution in [2.45, 2.75) is 0 Å². The minimum atomic E-state index is -5.17. The summed E-state index contributed by atoms with van der Waals surface area (Å²) in [5.74, 6) is 0. The molecule has 0 fully saturated rings. The van der Waals surface area contributed by atoms with Crippen LogP contribution in [0, 0.1) is 0 Å². The molecule has 2 aromatic rings. The standard InChI is InChI=1S/C10H5Cl4N3.Co.H2O4S/c11-4-2-1-3-16-8(4)9-5(12)7(15)6(13)10(14)17-9;;1-5(2,3)4/h1-3H,(H2,15,17);;(H2,1,2,3,4)/q;+2;/p-2. The molecule has 13 heteroatoms. The fourth-order valence-corrected chi connectivity index (χ4v) is 2.06. The SMILES string of the molecule is Nc1c(Cl)c(Cl)nc(-c2ncccc2Cl)c1Cl.O=S(=O)([O-])[O-].[Co+2]. The van der Waals surface area contributed by atoms with Gasteiger partial charge in [0, 0.05) is 16.6 Å². The minimum absolute atomic E-state index is 0. The van der Waals surface area contributed by atoms with Gasteiger partial charge < -0.3 is 14.8 Å². The third kappa shape index (κ3) is 6.95. The molecule has 0 spiro atoms. The van der Waals surface area contributed by atoms with Gasteiger partial charge in [-0.2, -0.15) is 0 Å². The summed E-state index contributed by atoms with van der Waals surface area (Å²) in [6, 6.07) is 3.36. The minimum Gasteiger partial charge on any atom is -0.759 e. The second kappa shape index (κ2) is 9.21. The van der Waals surface area contributed by atoms with Gasteiger partial charge in [-0.3, -0.25) is 13.4 Å². The molecule has 0 atom stereocenters. The maximum Gasteiger partial charge on any atom is 2.00 e. The molecule has 0 aliphatic rings. The van der Waals surface area contributed by atoms with Crippen molar-refractivity contribution in [2.75, 3.05) is 5.73 Å². The zero-order valence-electron chi connectivity index (χ0n) is 10.6. The third-order valence-corrected chi connectivity index (χ3v) is 3.50. The van der Waals surface area contributed by atoms with E-state index in [1.807, 2.05) is 0 Å². The van der Waals surface area contributed by atoms with Gasteiger partial charge >= 0.3 is 16.8 Å². The van der Waals surface area contributed by atoms with E-state index < -0.39 is 10.4 Å². The van der Waals surface area contributed by atoms with Crippen LogP contribution in [0.3, 0.4) is 0 Å². The van der Waals surface area contributed by atoms with Crippen molar-refractivity contribution in [2.24, 2.45) is 0 Å². The fourth-order valence-electron chi connectivity index (χ4n) is 1.25. The number of aromatic nitrogens is 2. The Hall–Kier alpha value is -0.364. The smallest absolute Gasteiger partial charge is 0.759 e. The van der Waals surface area contributed by atoms with Crippen molar-refractivity contribution < 1.29 is 34.3 Å². The first-order chi connectivity index (χ1) is 10.0. The summed E-state index contributed by atoms with van der Waals surface area (Å²) in [7, 11) is -5.17. The molecule has 7 nitrogen and oxygen atoms in total. The first kappa shape index (κ1) is 22.6. The molecule has 0 unspecified atom stereocenters. The Morgan fingerprint density at radius 1 is 1.04 bits per heavy atom. The van der Waals surface area contributed by atoms with E-state index in [9.17, 15) is 0 Å². The molecule has 0 bridgehead atoms. The molecular formula is C10H5Cl4CoN3O4S. The summed E-state index contributed by atoms with van der Waals surface area (Å²) in [5.41, 5.74) is 6.59. The van der Waals surface area contributed by atoms with Gasteiger partial charge in [0.2, 0.25) is 0 Å². The van der Waals surface area contributed by atoms with Crippen LogP contribution in [-0.4, -0.2) is 27.5 Å². The van der Waals surface area contributed by atoms with Crippen molar-refractivity contribution in [1.82, 2.24) is 9.97 Å². The van der Waals surface area contributed by atoms with E-state index in [1.165, 1.54) is 0 Å². The van der Waals surface area contributed by atoms with Crippen LogP contribution in [-0.2, 0) is 27.2 Å². The van der Waals surface area contributed by atoms with E-state index >= 15 is 0 Å². The molecule has 2 aromatic heterocycles. The number of rotatable bonds is 1. The largest absolute Gasteiger partial charge is 2.00 e. The van der Waals surface area contributed by atoms with Crippen molar-refractivity contribution in [3.63, 3.8) is 0 Å². The van der Waals surface area contributed by atoms with Gasteiger partial charge in [-0.15, -0.1) is 0 Å². The van der Waals surface area contributed by atoms with Crippen LogP contribution in [0.25, 0.3) is 11.4 Å². The number of halogens is 4. The third-order valence-electron chi connectivity index (χ3n) is 2.05. The van der Waals surface area contributed by atoms with E-state index in [0.29, 0.717) is 16.4 Å². The number of hydrogen-bond donors (Lipinski definition) is 1. The number of pyridine rings is 2. The number of nitrogens with zero attached hydrogens (tertiary/aromatic N) is 2. The van der Waals surface area contributed by atoms with Crippen molar-refractivity contribution in [1.29, 1.82) is 0 Å². The van der Waals surface area contributed by atoms with Gasteiger partial charge in [0.05, 0.1) is 15.7 Å². The number of nitrogen functional groups attached to an aromatic ring is 1. The number of anilines is 1. The molecule has 0 saturated carbocycles. The van der Waals surface area contributed by atoms with Crippen LogP contribution in [0.4, 0.5) is 5.69 Å². The maximum atomic E-state index is 8.52. The van der Waals surface area contributed by atoms with Gasteiger partial charge in [-0.05, 0) is 12.1 Å². The van der Waals surface area contributed by atoms with Crippen molar-refractivity contribution in [3.8, 4) is 11.4 Å². The second-order valence-corrected chi connectivity index (χ2v) is 5.87. The summed E-state index contributed by atoms with van der Waals surface area (Å²) in [6.45, 7) is 0. The average molecular weight is 464 g/mol. The molecule has 1 radical (unpaired) electrons. The van der Waals surface area contributed by atoms with Gasteiger partial charge in [0.15, 0.2) is 5.15 Å². The summed E-state index contributed by atoms with van der Waals surface area (Å²) in [6.07, 6.45) is 1.57. The summed E-state index contributed by atoms with van der Waals surface area (Å²) < 4.78 is 34.1. The zero-order chi connectivity index (χ0) is 17.1. The van der Waals surface area contributed by atoms with Crippen LogP contribution in [0.5, 0.6) is 0 Å². The fraction of sp³-hybridized carbons (Fsp3) is 0. The van der Waals surface area contributed by atoms with Crippen molar-refractivity contribution in [3.05, 3.63) is 38.6 Å². The Labute approximate surface area is 161 Å². The molecule has 2 heterocycles. The molecule has 0 aromatic carbocycles. The molecule has 2 rings (SSSR count). The summed E-state index contributed by atoms with van der Waals surface area (Å²) in [4.78, 5) is 8.12. The Morgan fingerprint density at radius 3 is 2.04 bits per heavy atom. The first-order valence-corrected chi connectivity index (χ1v) is 7.94. The van der Waals surface area contributed by atoms with Gasteiger partial charge in [0.1, 0.15) is 16.4 Å². The van der Waals surface area contributed by atoms with Gasteiger partial charge in [-0.1, -0.05) is 46.4 Å². The molecule has 23 heavy (non-hydrogen) atoms. The van der Waals surface area contributed by atoms with E-state index in [2.05, 4.69) is 9.97 Å². The van der Waals surface area contributed by atoms with Gasteiger partial charge in [-0.25, -0.2) is 4.98 Å². The molecule has 0 aliphatic carbocycles. The van der Waals surface area contributed by atoms with Crippen LogP contribution in [0.2, 0.25) is 20.2 Å². The Bertz CT molecular complexity index is 799. The van der Waals surface area contributed by atoms with Crippen LogP contribution in [0.1, 0.15) is 0 Å². The number of hydrogen-bond acceptors (Lipinski definition) is 7. The average Bonchev–Trinajstić information content (AvgIpc) is 2.40. The van der Waals surface area contributed by atoms with E-state index in [-0.39, 0.29) is 37.7 Å². The summed E-state index contributed by atoms with van der Waals surface area (Å²) >= 11 is 23.7. The summed E-state index contributed by atoms with van der Waals surface area (Å²) in [5, 5.41) is 0.762. The van der Waals surface area contributed by atoms with Crippen LogP contribution < -0.4 is 5.73 Å². The zero-order valence-corrected chi connectivity index (χ0v) is 15.5. The second-order valence-electron chi connectivity index (χ2n) is 3.53. The predicted molar refractivity (Wildman–Crippen MR) is 82.4 cm³/mol. The topological polar surface area (TPSA) is 132 Å². The molecule has 2 N–H and O–H groups in total. The van der Waals surface area contributed by atoms with E-state index in [4.69, 9.17) is 69.7 Å². The predicted octanol–water partition coefficient (Wildman–Crippen LogP) is 3.00. The van der Waals surface area contributed by atoms with Gasteiger partial charge in [0.25, 0.3) is 0 Å². The number of nitrogens with two attached hydrogens (primary N) is 1. The quantitative estimate of drug-likeness (QED) is 0.390. The molecule has 127 valence electrons. The normalized spacial score (nSPS) is 10.3. The molecule has 0 aliphatic heterocycles. The molecule has 0 saturated heterocycles. The Balaban J connectivity index is 0.000000709. The van der Waals surface area contributed by atoms with E-state index in [1.54, 1.807) is 18.3 Å².